The quantitative estimate of drug-likeness (QED) is 0.350. The van der Waals surface area contributed by atoms with E-state index in [2.05, 4.69) is 47.6 Å². The Morgan fingerprint density at radius 2 is 2.12 bits per heavy atom. The summed E-state index contributed by atoms with van der Waals surface area (Å²) in [5.41, 5.74) is -2.91. The molecule has 10 nitrogen and oxygen atoms in total. The van der Waals surface area contributed by atoms with E-state index in [0.29, 0.717) is 6.42 Å². The minimum Gasteiger partial charge on any atom is -0.387 e. The van der Waals surface area contributed by atoms with Crippen LogP contribution in [0.3, 0.4) is 0 Å². The zero-order valence-corrected chi connectivity index (χ0v) is 20.9. The largest absolute Gasteiger partial charge is 0.387 e. The van der Waals surface area contributed by atoms with Crippen LogP contribution >= 0.6 is 11.1 Å². The van der Waals surface area contributed by atoms with Gasteiger partial charge in [-0.25, -0.2) is 9.37 Å². The number of amides is 1. The molecule has 13 heteroatoms. The number of aliphatic hydroxyl groups is 2. The highest BCUT2D eigenvalue weighted by molar-refractivity contribution is 7.21. The van der Waals surface area contributed by atoms with E-state index in [1.165, 1.54) is 10.9 Å². The summed E-state index contributed by atoms with van der Waals surface area (Å²) >= 11 is 6.78. The van der Waals surface area contributed by atoms with Gasteiger partial charge in [0, 0.05) is 5.92 Å². The molecule has 2 fully saturated rings. The summed E-state index contributed by atoms with van der Waals surface area (Å²) in [4.78, 5) is 35.9. The number of nitrogens with one attached hydrogen (secondary N) is 2. The van der Waals surface area contributed by atoms with Crippen LogP contribution in [0.1, 0.15) is 40.3 Å². The molecule has 3 unspecified atom stereocenters. The van der Waals surface area contributed by atoms with Crippen LogP contribution < -0.4 is 10.9 Å². The van der Waals surface area contributed by atoms with Gasteiger partial charge in [0.15, 0.2) is 30.4 Å². The number of aromatic nitrogens is 4. The van der Waals surface area contributed by atoms with E-state index in [4.69, 9.17) is 15.8 Å². The van der Waals surface area contributed by atoms with Crippen LogP contribution in [-0.4, -0.2) is 67.0 Å². The fourth-order valence-electron chi connectivity index (χ4n) is 3.92. The topological polar surface area (TPSA) is 142 Å². The van der Waals surface area contributed by atoms with E-state index < -0.39 is 43.2 Å². The molecule has 0 radical (unpaired) electrons. The van der Waals surface area contributed by atoms with Gasteiger partial charge < -0.3 is 14.9 Å². The molecule has 2 aromatic rings. The predicted octanol–water partition coefficient (Wildman–Crippen LogP) is 2.04. The van der Waals surface area contributed by atoms with Crippen LogP contribution in [-0.2, 0) is 9.53 Å². The lowest BCUT2D eigenvalue weighted by Gasteiger charge is -2.34. The van der Waals surface area contributed by atoms with Gasteiger partial charge in [-0.3, -0.25) is 24.5 Å². The molecular weight excluding hydrogens is 473 g/mol. The highest BCUT2D eigenvalue weighted by Crippen LogP contribution is 2.56. The van der Waals surface area contributed by atoms with Crippen molar-refractivity contribution >= 4 is 41.5 Å². The lowest BCUT2D eigenvalue weighted by atomic mass is 10.1. The van der Waals surface area contributed by atoms with E-state index >= 15 is 0 Å². The maximum absolute atomic E-state index is 14.6. The summed E-state index contributed by atoms with van der Waals surface area (Å²) in [6.45, 7) is 10.2. The second kappa shape index (κ2) is 7.84. The van der Waals surface area contributed by atoms with Gasteiger partial charge in [0.2, 0.25) is 11.9 Å². The van der Waals surface area contributed by atoms with Crippen molar-refractivity contribution in [2.24, 2.45) is 5.92 Å². The Labute approximate surface area is 195 Å². The molecule has 0 spiro atoms. The Balaban J connectivity index is 1.51. The Hall–Kier alpha value is -1.86. The van der Waals surface area contributed by atoms with Crippen molar-refractivity contribution in [3.8, 4) is 0 Å². The number of hydrogen-bond acceptors (Lipinski definition) is 7. The van der Waals surface area contributed by atoms with Crippen molar-refractivity contribution < 1.29 is 24.1 Å². The van der Waals surface area contributed by atoms with E-state index in [1.807, 2.05) is 0 Å². The lowest BCUT2D eigenvalue weighted by Crippen LogP contribution is -2.35. The van der Waals surface area contributed by atoms with Gasteiger partial charge in [-0.15, -0.1) is 0 Å². The normalized spacial score (nSPS) is 31.8. The first-order valence-corrected chi connectivity index (χ1v) is 14.6. The number of aliphatic hydroxyl groups excluding tert-OH is 2. The number of ether oxygens (including phenoxy) is 1. The molecule has 1 saturated carbocycles. The number of hydrogen-bond donors (Lipinski definition) is 4. The number of H-pyrrole nitrogens is 1. The Morgan fingerprint density at radius 3 is 2.70 bits per heavy atom. The van der Waals surface area contributed by atoms with Crippen molar-refractivity contribution in [2.75, 3.05) is 5.32 Å². The highest BCUT2D eigenvalue weighted by Gasteiger charge is 2.78. The number of imidazole rings is 1. The number of carbonyl (C=O) groups is 1. The molecule has 3 heterocycles. The maximum Gasteiger partial charge on any atom is 0.280 e. The van der Waals surface area contributed by atoms with Crippen molar-refractivity contribution in [1.29, 1.82) is 0 Å². The van der Waals surface area contributed by atoms with Crippen molar-refractivity contribution in [1.82, 2.24) is 19.5 Å². The third-order valence-electron chi connectivity index (χ3n) is 7.08. The second-order valence-electron chi connectivity index (χ2n) is 10.3. The van der Waals surface area contributed by atoms with E-state index in [-0.39, 0.29) is 34.0 Å². The summed E-state index contributed by atoms with van der Waals surface area (Å²) in [6, 6.07) is 0.747. The monoisotopic (exact) mass is 501 g/mol. The number of rotatable bonds is 6. The van der Waals surface area contributed by atoms with Crippen LogP contribution in [0.2, 0.25) is 17.6 Å². The van der Waals surface area contributed by atoms with Gasteiger partial charge in [0.1, 0.15) is 18.3 Å². The number of aromatic amines is 1. The number of carbonyl (C=O) groups excluding carboxylic acids is 1. The minimum atomic E-state index is -2.26. The third-order valence-corrected chi connectivity index (χ3v) is 13.7. The van der Waals surface area contributed by atoms with Gasteiger partial charge in [0.25, 0.3) is 5.56 Å². The molecule has 1 aliphatic heterocycles. The van der Waals surface area contributed by atoms with Crippen LogP contribution in [0.25, 0.3) is 11.2 Å². The Bertz CT molecular complexity index is 1150. The van der Waals surface area contributed by atoms with Gasteiger partial charge in [-0.1, -0.05) is 34.2 Å². The minimum absolute atomic E-state index is 0.0112. The SMILES string of the molecule is CC(CC[Si](C)(Cl)C(C)(C)C)C(=O)Nc1nc2c(ncn2[C@@H]2O[C@@H]3C(O)[C@]3(F)[C@H]2O)c(=O)[nH]1. The number of anilines is 1. The number of fused-ring (bicyclic) bond motifs is 2. The lowest BCUT2D eigenvalue weighted by molar-refractivity contribution is -0.119. The molecule has 182 valence electrons. The molecule has 7 atom stereocenters. The fraction of sp³-hybridized carbons (Fsp3) is 0.700. The van der Waals surface area contributed by atoms with Gasteiger partial charge in [-0.05, 0) is 17.5 Å². The van der Waals surface area contributed by atoms with E-state index in [0.717, 1.165) is 6.04 Å². The average molecular weight is 502 g/mol. The smallest absolute Gasteiger partial charge is 0.280 e. The molecule has 1 saturated heterocycles. The van der Waals surface area contributed by atoms with Gasteiger partial charge in [-0.2, -0.15) is 16.1 Å². The van der Waals surface area contributed by atoms with E-state index in [9.17, 15) is 24.2 Å². The fourth-order valence-corrected chi connectivity index (χ4v) is 5.97. The van der Waals surface area contributed by atoms with Crippen molar-refractivity contribution in [3.05, 3.63) is 16.7 Å². The zero-order valence-electron chi connectivity index (χ0n) is 19.1. The first-order chi connectivity index (χ1) is 15.2. The molecule has 1 amide bonds. The van der Waals surface area contributed by atoms with Crippen LogP contribution in [0.4, 0.5) is 10.3 Å². The Morgan fingerprint density at radius 1 is 1.45 bits per heavy atom. The molecule has 4 N–H and O–H groups in total. The summed E-state index contributed by atoms with van der Waals surface area (Å²) in [5.74, 6) is -0.799. The second-order valence-corrected chi connectivity index (χ2v) is 17.2. The number of nitrogens with zero attached hydrogens (tertiary/aromatic N) is 3. The number of halogens is 2. The van der Waals surface area contributed by atoms with Crippen molar-refractivity contribution in [2.45, 2.75) is 82.0 Å². The van der Waals surface area contributed by atoms with Crippen molar-refractivity contribution in [3.63, 3.8) is 0 Å². The first kappa shape index (κ1) is 24.3. The molecule has 33 heavy (non-hydrogen) atoms. The zero-order chi connectivity index (χ0) is 24.5. The van der Waals surface area contributed by atoms with Crippen LogP contribution in [0, 0.1) is 5.92 Å². The summed E-state index contributed by atoms with van der Waals surface area (Å²) in [6.07, 6.45) is -3.64. The molecular formula is C20H29ClFN5O5Si. The molecule has 4 rings (SSSR count). The van der Waals surface area contributed by atoms with E-state index in [1.54, 1.807) is 6.92 Å². The maximum atomic E-state index is 14.6. The first-order valence-electron chi connectivity index (χ1n) is 10.9. The van der Waals surface area contributed by atoms with Gasteiger partial charge >= 0.3 is 0 Å². The Kier molecular flexibility index (Phi) is 5.76. The number of alkyl halides is 1. The standard InChI is InChI=1S/C20H29ClFN5O5Si/c1-9(6-7-33(5,21)19(2,3)4)15(30)25-18-24-14-10(16(31)26-18)23-8-27(14)17-12(29)20(22)11(28)13(20)32-17/h8-9,11-13,17,28-29H,6-7H2,1-5H3,(H2,24,25,26,30,31)/t9?,11?,12-,13+,17+,20-,33?/m0/s1. The molecule has 2 aromatic heterocycles. The molecule has 0 bridgehead atoms. The molecule has 0 aromatic carbocycles. The molecule has 1 aliphatic carbocycles. The summed E-state index contributed by atoms with van der Waals surface area (Å²) in [7, 11) is -2.06. The average Bonchev–Trinajstić information content (AvgIpc) is 3.01. The van der Waals surface area contributed by atoms with Crippen LogP contribution in [0.5, 0.6) is 0 Å². The van der Waals surface area contributed by atoms with Crippen LogP contribution in [0.15, 0.2) is 11.1 Å². The summed E-state index contributed by atoms with van der Waals surface area (Å²) in [5, 5.41) is 22.5. The van der Waals surface area contributed by atoms with Gasteiger partial charge in [0.05, 0.1) is 6.33 Å². The third kappa shape index (κ3) is 3.91. The summed E-state index contributed by atoms with van der Waals surface area (Å²) < 4.78 is 21.2. The predicted molar refractivity (Wildman–Crippen MR) is 122 cm³/mol. The highest BCUT2D eigenvalue weighted by atomic mass is 35.6. The molecule has 2 aliphatic rings.